The number of thioether (sulfide) groups is 1. The Morgan fingerprint density at radius 3 is 2.59 bits per heavy atom. The molecule has 10 nitrogen and oxygen atoms in total. The average Bonchev–Trinajstić information content (AvgIpc) is 3.41. The molecule has 0 bridgehead atoms. The molecule has 0 spiro atoms. The molecular formula is C18H20N8O2S. The monoisotopic (exact) mass is 412 g/mol. The van der Waals surface area contributed by atoms with Crippen molar-refractivity contribution in [2.75, 3.05) is 0 Å². The third kappa shape index (κ3) is 3.48. The van der Waals surface area contributed by atoms with Crippen LogP contribution in [0.4, 0.5) is 0 Å². The van der Waals surface area contributed by atoms with Crippen LogP contribution in [0.2, 0.25) is 0 Å². The number of nitrogens with zero attached hydrogens (tertiary/aromatic N) is 8. The second-order valence-corrected chi connectivity index (χ2v) is 7.70. The minimum atomic E-state index is -0.203. The molecule has 0 fully saturated rings. The summed E-state index contributed by atoms with van der Waals surface area (Å²) in [7, 11) is 1.83. The third-order valence-corrected chi connectivity index (χ3v) is 5.38. The van der Waals surface area contributed by atoms with Gasteiger partial charge in [0, 0.05) is 13.0 Å². The van der Waals surface area contributed by atoms with E-state index >= 15 is 0 Å². The molecule has 0 saturated heterocycles. The van der Waals surface area contributed by atoms with Gasteiger partial charge in [-0.05, 0) is 29.5 Å². The standard InChI is InChI=1S/C18H20N8O2S/c1-11(2)16-20-19-14(28-16)10-29-18-21-22-23-25(18)15-12(3)24(4)26(17(15)27)13-8-6-5-7-9-13/h5-9,11H,10H2,1-4H3. The van der Waals surface area contributed by atoms with Crippen molar-refractivity contribution >= 4 is 11.8 Å². The lowest BCUT2D eigenvalue weighted by atomic mass is 10.2. The van der Waals surface area contributed by atoms with Gasteiger partial charge in [-0.15, -0.1) is 15.3 Å². The smallest absolute Gasteiger partial charge is 0.297 e. The van der Waals surface area contributed by atoms with Crippen LogP contribution in [-0.2, 0) is 12.8 Å². The predicted molar refractivity (Wildman–Crippen MR) is 106 cm³/mol. The fourth-order valence-corrected chi connectivity index (χ4v) is 3.61. The molecule has 4 aromatic rings. The van der Waals surface area contributed by atoms with Crippen LogP contribution in [0.3, 0.4) is 0 Å². The number of hydrogen-bond donors (Lipinski definition) is 0. The number of hydrogen-bond acceptors (Lipinski definition) is 8. The Balaban J connectivity index is 1.67. The summed E-state index contributed by atoms with van der Waals surface area (Å²) < 4.78 is 10.5. The third-order valence-electron chi connectivity index (χ3n) is 4.48. The fourth-order valence-electron chi connectivity index (χ4n) is 2.89. The highest BCUT2D eigenvalue weighted by molar-refractivity contribution is 7.98. The molecule has 0 radical (unpaired) electrons. The quantitative estimate of drug-likeness (QED) is 0.444. The topological polar surface area (TPSA) is 109 Å². The number of benzene rings is 1. The van der Waals surface area contributed by atoms with Crippen molar-refractivity contribution in [1.29, 1.82) is 0 Å². The van der Waals surface area contributed by atoms with Crippen molar-refractivity contribution < 1.29 is 4.42 Å². The van der Waals surface area contributed by atoms with Gasteiger partial charge in [0.25, 0.3) is 5.56 Å². The zero-order chi connectivity index (χ0) is 20.5. The lowest BCUT2D eigenvalue weighted by molar-refractivity contribution is 0.445. The molecule has 0 aliphatic rings. The number of rotatable bonds is 6. The van der Waals surface area contributed by atoms with Gasteiger partial charge in [-0.3, -0.25) is 9.48 Å². The van der Waals surface area contributed by atoms with Gasteiger partial charge in [0.1, 0.15) is 0 Å². The second kappa shape index (κ2) is 7.66. The molecule has 3 heterocycles. The van der Waals surface area contributed by atoms with Gasteiger partial charge in [-0.25, -0.2) is 4.68 Å². The van der Waals surface area contributed by atoms with E-state index in [2.05, 4.69) is 25.7 Å². The summed E-state index contributed by atoms with van der Waals surface area (Å²) in [6.07, 6.45) is 0. The molecule has 0 aliphatic carbocycles. The van der Waals surface area contributed by atoms with Crippen LogP contribution in [0.25, 0.3) is 11.4 Å². The van der Waals surface area contributed by atoms with Gasteiger partial charge in [0.2, 0.25) is 16.9 Å². The van der Waals surface area contributed by atoms with E-state index in [1.165, 1.54) is 16.4 Å². The Kier molecular flexibility index (Phi) is 5.05. The molecule has 11 heteroatoms. The van der Waals surface area contributed by atoms with E-state index in [1.807, 2.05) is 58.2 Å². The van der Waals surface area contributed by atoms with Crippen molar-refractivity contribution in [3.05, 3.63) is 58.2 Å². The summed E-state index contributed by atoms with van der Waals surface area (Å²) in [6, 6.07) is 9.43. The molecule has 0 N–H and O–H groups in total. The Bertz CT molecular complexity index is 1190. The van der Waals surface area contributed by atoms with Crippen LogP contribution in [0.1, 0.15) is 37.2 Å². The SMILES string of the molecule is Cc1c(-n2nnnc2SCc2nnc(C(C)C)o2)c(=O)n(-c2ccccc2)n1C. The summed E-state index contributed by atoms with van der Waals surface area (Å²) in [5, 5.41) is 20.4. The minimum Gasteiger partial charge on any atom is -0.424 e. The highest BCUT2D eigenvalue weighted by Gasteiger charge is 2.22. The molecule has 3 aromatic heterocycles. The van der Waals surface area contributed by atoms with Crippen LogP contribution in [0.15, 0.2) is 44.7 Å². The van der Waals surface area contributed by atoms with E-state index < -0.39 is 0 Å². The van der Waals surface area contributed by atoms with Crippen LogP contribution >= 0.6 is 11.8 Å². The van der Waals surface area contributed by atoms with Crippen LogP contribution < -0.4 is 5.56 Å². The summed E-state index contributed by atoms with van der Waals surface area (Å²) in [5.74, 6) is 1.64. The van der Waals surface area contributed by atoms with Gasteiger partial charge < -0.3 is 4.42 Å². The van der Waals surface area contributed by atoms with Crippen LogP contribution in [-0.4, -0.2) is 39.8 Å². The predicted octanol–water partition coefficient (Wildman–Crippen LogP) is 2.26. The zero-order valence-electron chi connectivity index (χ0n) is 16.5. The maximum Gasteiger partial charge on any atom is 0.297 e. The van der Waals surface area contributed by atoms with Crippen molar-refractivity contribution in [2.45, 2.75) is 37.6 Å². The molecule has 0 saturated carbocycles. The largest absolute Gasteiger partial charge is 0.424 e. The van der Waals surface area contributed by atoms with Gasteiger partial charge in [-0.1, -0.05) is 43.8 Å². The first-order valence-electron chi connectivity index (χ1n) is 9.05. The first-order chi connectivity index (χ1) is 14.0. The van der Waals surface area contributed by atoms with E-state index in [0.29, 0.717) is 28.4 Å². The fraction of sp³-hybridized carbons (Fsp3) is 0.333. The van der Waals surface area contributed by atoms with Crippen molar-refractivity contribution in [1.82, 2.24) is 39.8 Å². The Hall–Kier alpha value is -3.21. The Morgan fingerprint density at radius 1 is 1.14 bits per heavy atom. The van der Waals surface area contributed by atoms with Gasteiger partial charge >= 0.3 is 0 Å². The first-order valence-corrected chi connectivity index (χ1v) is 10.0. The van der Waals surface area contributed by atoms with Gasteiger partial charge in [0.15, 0.2) is 5.69 Å². The number of para-hydroxylation sites is 1. The summed E-state index contributed by atoms with van der Waals surface area (Å²) >= 11 is 1.33. The average molecular weight is 412 g/mol. The van der Waals surface area contributed by atoms with Crippen molar-refractivity contribution in [2.24, 2.45) is 7.05 Å². The lowest BCUT2D eigenvalue weighted by Gasteiger charge is -2.07. The summed E-state index contributed by atoms with van der Waals surface area (Å²) in [5.41, 5.74) is 1.71. The molecule has 0 amide bonds. The molecule has 0 aliphatic heterocycles. The van der Waals surface area contributed by atoms with Gasteiger partial charge in [0.05, 0.1) is 17.1 Å². The molecule has 0 unspecified atom stereocenters. The number of aromatic nitrogens is 8. The molecular weight excluding hydrogens is 392 g/mol. The summed E-state index contributed by atoms with van der Waals surface area (Å²) in [4.78, 5) is 13.2. The molecule has 29 heavy (non-hydrogen) atoms. The second-order valence-electron chi connectivity index (χ2n) is 6.76. The minimum absolute atomic E-state index is 0.162. The van der Waals surface area contributed by atoms with E-state index in [-0.39, 0.29) is 11.5 Å². The van der Waals surface area contributed by atoms with Crippen molar-refractivity contribution in [3.63, 3.8) is 0 Å². The van der Waals surface area contributed by atoms with Crippen LogP contribution in [0.5, 0.6) is 0 Å². The van der Waals surface area contributed by atoms with E-state index in [0.717, 1.165) is 11.4 Å². The van der Waals surface area contributed by atoms with E-state index in [9.17, 15) is 4.79 Å². The van der Waals surface area contributed by atoms with Crippen molar-refractivity contribution in [3.8, 4) is 11.4 Å². The zero-order valence-corrected chi connectivity index (χ0v) is 17.3. The highest BCUT2D eigenvalue weighted by Crippen LogP contribution is 2.23. The Morgan fingerprint density at radius 2 is 1.90 bits per heavy atom. The Labute approximate surface area is 170 Å². The normalized spacial score (nSPS) is 11.5. The van der Waals surface area contributed by atoms with Crippen LogP contribution in [0, 0.1) is 6.92 Å². The highest BCUT2D eigenvalue weighted by atomic mass is 32.2. The molecule has 0 atom stereocenters. The lowest BCUT2D eigenvalue weighted by Crippen LogP contribution is -2.22. The number of tetrazole rings is 1. The maximum atomic E-state index is 13.2. The van der Waals surface area contributed by atoms with Gasteiger partial charge in [-0.2, -0.15) is 4.68 Å². The van der Waals surface area contributed by atoms with E-state index in [1.54, 1.807) is 9.36 Å². The van der Waals surface area contributed by atoms with E-state index in [4.69, 9.17) is 4.42 Å². The molecule has 1 aromatic carbocycles. The summed E-state index contributed by atoms with van der Waals surface area (Å²) in [6.45, 7) is 5.83. The first kappa shape index (κ1) is 19.1. The molecule has 4 rings (SSSR count). The molecule has 150 valence electrons. The maximum absolute atomic E-state index is 13.2.